The minimum atomic E-state index is -2.71. The number of carbonyl (C=O) groups excluding carboxylic acids is 5. The highest BCUT2D eigenvalue weighted by Gasteiger charge is 2.63. The van der Waals surface area contributed by atoms with Gasteiger partial charge in [0.05, 0.1) is 11.6 Å². The molecule has 230 valence electrons. The number of aliphatic hydroxyl groups excluding tert-OH is 2. The van der Waals surface area contributed by atoms with Gasteiger partial charge in [-0.15, -0.1) is 0 Å². The van der Waals surface area contributed by atoms with Gasteiger partial charge in [0.25, 0.3) is 11.8 Å². The number of ether oxygens (including phenoxy) is 1. The number of likely N-dealkylation sites (N-methyl/N-ethyl adjacent to an activating group) is 1. The van der Waals surface area contributed by atoms with Crippen LogP contribution in [0.5, 0.6) is 5.75 Å². The van der Waals surface area contributed by atoms with Gasteiger partial charge in [0.1, 0.15) is 22.8 Å². The van der Waals surface area contributed by atoms with Crippen LogP contribution >= 0.6 is 0 Å². The van der Waals surface area contributed by atoms with Crippen LogP contribution in [0.2, 0.25) is 0 Å². The predicted molar refractivity (Wildman–Crippen MR) is 154 cm³/mol. The van der Waals surface area contributed by atoms with Gasteiger partial charge in [-0.05, 0) is 67.7 Å². The summed E-state index contributed by atoms with van der Waals surface area (Å²) in [5, 5.41) is 47.4. The summed E-state index contributed by atoms with van der Waals surface area (Å²) >= 11 is 0. The number of nitrogens with two attached hydrogens (primary N) is 1. The number of phenols is 1. The monoisotopic (exact) mass is 605 g/mol. The number of primary amides is 1. The summed E-state index contributed by atoms with van der Waals surface area (Å²) in [7, 11) is 3.12. The first-order valence-electron chi connectivity index (χ1n) is 13.7. The molecule has 2 aromatic carbocycles. The van der Waals surface area contributed by atoms with Gasteiger partial charge in [-0.2, -0.15) is 0 Å². The van der Waals surface area contributed by atoms with E-state index >= 15 is 0 Å². The molecule has 13 nitrogen and oxygen atoms in total. The summed E-state index contributed by atoms with van der Waals surface area (Å²) < 4.78 is 4.69. The largest absolute Gasteiger partial charge is 0.510 e. The molecule has 3 aliphatic carbocycles. The lowest BCUT2D eigenvalue weighted by atomic mass is 9.58. The summed E-state index contributed by atoms with van der Waals surface area (Å²) in [6.07, 6.45) is 0.0906. The maximum atomic E-state index is 13.9. The smallest absolute Gasteiger partial charge is 0.303 e. The zero-order chi connectivity index (χ0) is 32.2. The molecule has 4 unspecified atom stereocenters. The van der Waals surface area contributed by atoms with Crippen LogP contribution in [0.4, 0.5) is 5.69 Å². The zero-order valence-electron chi connectivity index (χ0n) is 24.1. The van der Waals surface area contributed by atoms with Gasteiger partial charge in [-0.1, -0.05) is 18.2 Å². The Balaban J connectivity index is 1.56. The molecule has 0 radical (unpaired) electrons. The Kier molecular flexibility index (Phi) is 7.56. The highest BCUT2D eigenvalue weighted by molar-refractivity contribution is 6.25. The van der Waals surface area contributed by atoms with Crippen molar-refractivity contribution in [2.45, 2.75) is 31.4 Å². The molecule has 2 amide bonds. The topological polar surface area (TPSA) is 217 Å². The van der Waals surface area contributed by atoms with E-state index in [0.29, 0.717) is 22.4 Å². The molecular formula is C31H31N3O10. The van der Waals surface area contributed by atoms with Crippen molar-refractivity contribution in [3.63, 3.8) is 0 Å². The summed E-state index contributed by atoms with van der Waals surface area (Å²) in [5.41, 5.74) is 3.55. The lowest BCUT2D eigenvalue weighted by Crippen LogP contribution is -2.63. The average molecular weight is 606 g/mol. The standard InChI is InChI=1S/C31H31N3O10/c1-13(35)44-12-21(37)33-16-6-4-14(5-7-16)17-8-9-20(36)23-18(17)10-15-11-19-25(34(2)3)27(39)24(30(32)42)29(41)31(19,43)28(40)22(15)26(23)38/h4-9,15,19,25,36,39-40,43H,10-12H2,1-3H3,(H2,32,42)(H,33,37). The fraction of sp³-hybridized carbons (Fsp3) is 0.323. The number of carbonyl (C=O) groups is 5. The molecule has 5 rings (SSSR count). The van der Waals surface area contributed by atoms with E-state index in [0.717, 1.165) is 0 Å². The fourth-order valence-corrected chi connectivity index (χ4v) is 6.62. The number of aliphatic hydroxyl groups is 3. The van der Waals surface area contributed by atoms with Gasteiger partial charge in [-0.3, -0.25) is 28.9 Å². The third-order valence-electron chi connectivity index (χ3n) is 8.49. The van der Waals surface area contributed by atoms with E-state index in [2.05, 4.69) is 10.1 Å². The van der Waals surface area contributed by atoms with E-state index in [9.17, 15) is 44.4 Å². The first-order chi connectivity index (χ1) is 20.7. The van der Waals surface area contributed by atoms with E-state index in [-0.39, 0.29) is 29.7 Å². The summed E-state index contributed by atoms with van der Waals surface area (Å²) in [4.78, 5) is 63.9. The number of Topliss-reactive ketones (excluding diaryl/α,β-unsaturated/α-hetero) is 2. The van der Waals surface area contributed by atoms with Crippen LogP contribution in [0.15, 0.2) is 59.1 Å². The Hall–Kier alpha value is -5.01. The SMILES string of the molecule is CC(=O)OCC(=O)Nc1ccc(-c2ccc(O)c3c2CC2CC4C(N(C)C)C(O)=C(C(N)=O)C(=O)C4(O)C(O)=C2C3=O)cc1. The Labute approximate surface area is 251 Å². The maximum absolute atomic E-state index is 13.9. The molecule has 4 atom stereocenters. The Morgan fingerprint density at radius 1 is 1.07 bits per heavy atom. The Morgan fingerprint density at radius 3 is 2.32 bits per heavy atom. The lowest BCUT2D eigenvalue weighted by molar-refractivity contribution is -0.148. The van der Waals surface area contributed by atoms with E-state index in [4.69, 9.17) is 5.73 Å². The number of amides is 2. The Bertz CT molecular complexity index is 1690. The van der Waals surface area contributed by atoms with Crippen molar-refractivity contribution >= 4 is 35.0 Å². The van der Waals surface area contributed by atoms with E-state index < -0.39 is 76.5 Å². The molecule has 3 aliphatic rings. The van der Waals surface area contributed by atoms with Gasteiger partial charge < -0.3 is 36.2 Å². The van der Waals surface area contributed by atoms with Crippen LogP contribution in [0.1, 0.15) is 29.3 Å². The van der Waals surface area contributed by atoms with E-state index in [1.165, 1.54) is 17.9 Å². The number of hydrogen-bond acceptors (Lipinski definition) is 11. The minimum absolute atomic E-state index is 0.0336. The number of rotatable bonds is 6. The number of fused-ring (bicyclic) bond motifs is 3. The molecule has 44 heavy (non-hydrogen) atoms. The zero-order valence-corrected chi connectivity index (χ0v) is 24.1. The number of allylic oxidation sites excluding steroid dienone is 1. The number of esters is 1. The van der Waals surface area contributed by atoms with Crippen LogP contribution in [-0.4, -0.2) is 87.0 Å². The second-order valence-electron chi connectivity index (χ2n) is 11.4. The molecule has 13 heteroatoms. The highest BCUT2D eigenvalue weighted by Crippen LogP contribution is 2.53. The number of phenolic OH excluding ortho intramolecular Hbond substituents is 1. The third-order valence-corrected chi connectivity index (χ3v) is 8.49. The number of nitrogens with one attached hydrogen (secondary N) is 1. The fourth-order valence-electron chi connectivity index (χ4n) is 6.62. The normalized spacial score (nSPS) is 24.4. The van der Waals surface area contributed by atoms with Crippen LogP contribution in [0.25, 0.3) is 11.1 Å². The van der Waals surface area contributed by atoms with Gasteiger partial charge in [-0.25, -0.2) is 0 Å². The van der Waals surface area contributed by atoms with Crippen LogP contribution in [-0.2, 0) is 30.3 Å². The number of benzene rings is 2. The maximum Gasteiger partial charge on any atom is 0.303 e. The van der Waals surface area contributed by atoms with Crippen LogP contribution < -0.4 is 11.1 Å². The molecule has 0 saturated carbocycles. The lowest BCUT2D eigenvalue weighted by Gasteiger charge is -2.50. The molecule has 0 heterocycles. The first kappa shape index (κ1) is 30.4. The van der Waals surface area contributed by atoms with Crippen molar-refractivity contribution in [3.8, 4) is 16.9 Å². The molecular weight excluding hydrogens is 574 g/mol. The summed E-state index contributed by atoms with van der Waals surface area (Å²) in [5.74, 6) is -8.30. The average Bonchev–Trinajstić information content (AvgIpc) is 2.94. The molecule has 0 spiro atoms. The number of aromatic hydroxyl groups is 1. The molecule has 2 aromatic rings. The number of nitrogens with zero attached hydrogens (tertiary/aromatic N) is 1. The number of anilines is 1. The Morgan fingerprint density at radius 2 is 1.73 bits per heavy atom. The van der Waals surface area contributed by atoms with Crippen molar-refractivity contribution in [1.29, 1.82) is 0 Å². The van der Waals surface area contributed by atoms with Crippen LogP contribution in [0, 0.1) is 11.8 Å². The van der Waals surface area contributed by atoms with Crippen molar-refractivity contribution in [1.82, 2.24) is 4.90 Å². The molecule has 7 N–H and O–H groups in total. The van der Waals surface area contributed by atoms with E-state index in [1.54, 1.807) is 44.4 Å². The van der Waals surface area contributed by atoms with E-state index in [1.807, 2.05) is 0 Å². The van der Waals surface area contributed by atoms with Gasteiger partial charge >= 0.3 is 5.97 Å². The quantitative estimate of drug-likeness (QED) is 0.204. The van der Waals surface area contributed by atoms with Crippen molar-refractivity contribution in [2.24, 2.45) is 17.6 Å². The minimum Gasteiger partial charge on any atom is -0.510 e. The summed E-state index contributed by atoms with van der Waals surface area (Å²) in [6.45, 7) is 0.747. The highest BCUT2D eigenvalue weighted by atomic mass is 16.5. The van der Waals surface area contributed by atoms with Gasteiger partial charge in [0.2, 0.25) is 5.78 Å². The first-order valence-corrected chi connectivity index (χ1v) is 13.7. The van der Waals surface area contributed by atoms with Crippen molar-refractivity contribution in [2.75, 3.05) is 26.0 Å². The summed E-state index contributed by atoms with van der Waals surface area (Å²) in [6, 6.07) is 8.47. The second kappa shape index (κ2) is 10.9. The molecule has 0 saturated heterocycles. The molecule has 0 fully saturated rings. The predicted octanol–water partition coefficient (Wildman–Crippen LogP) is 1.29. The number of hydrogen-bond donors (Lipinski definition) is 6. The van der Waals surface area contributed by atoms with Crippen LogP contribution in [0.3, 0.4) is 0 Å². The second-order valence-corrected chi connectivity index (χ2v) is 11.4. The molecule has 0 aromatic heterocycles. The third kappa shape index (κ3) is 4.70. The number of ketones is 2. The van der Waals surface area contributed by atoms with Gasteiger partial charge in [0.15, 0.2) is 18.0 Å². The van der Waals surface area contributed by atoms with Crippen molar-refractivity contribution < 1.29 is 49.1 Å². The van der Waals surface area contributed by atoms with Gasteiger partial charge in [0, 0.05) is 24.1 Å². The molecule has 0 bridgehead atoms. The van der Waals surface area contributed by atoms with Crippen molar-refractivity contribution in [3.05, 3.63) is 70.2 Å². The molecule has 0 aliphatic heterocycles.